The first kappa shape index (κ1) is 9.34. The third kappa shape index (κ3) is 3.97. The molecular weight excluding hydrogens is 160 g/mol. The quantitative estimate of drug-likeness (QED) is 0.473. The molecule has 0 saturated carbocycles. The summed E-state index contributed by atoms with van der Waals surface area (Å²) in [5.41, 5.74) is 0. The van der Waals surface area contributed by atoms with Crippen molar-refractivity contribution in [1.29, 1.82) is 0 Å². The Morgan fingerprint density at radius 1 is 1.18 bits per heavy atom. The second-order valence-corrected chi connectivity index (χ2v) is 3.62. The lowest BCUT2D eigenvalue weighted by Gasteiger charge is -2.21. The molecule has 1 aliphatic rings. The fourth-order valence-corrected chi connectivity index (χ4v) is 1.75. The second kappa shape index (κ2) is 5.84. The maximum Gasteiger partial charge on any atom is 0.0468 e. The van der Waals surface area contributed by atoms with Crippen molar-refractivity contribution in [2.24, 2.45) is 5.92 Å². The first-order chi connectivity index (χ1) is 5.43. The van der Waals surface area contributed by atoms with E-state index >= 15 is 0 Å². The predicted molar refractivity (Wildman–Crippen MR) is 48.1 cm³/mol. The van der Waals surface area contributed by atoms with Gasteiger partial charge in [-0.1, -0.05) is 12.8 Å². The highest BCUT2D eigenvalue weighted by atomic mass is 35.5. The van der Waals surface area contributed by atoms with Crippen LogP contribution < -0.4 is 0 Å². The summed E-state index contributed by atoms with van der Waals surface area (Å²) in [4.78, 5) is 0. The number of hydrogen-bond donors (Lipinski definition) is 0. The number of alkyl halides is 1. The molecule has 0 N–H and O–H groups in total. The first-order valence-corrected chi connectivity index (χ1v) is 5.10. The van der Waals surface area contributed by atoms with E-state index in [1.54, 1.807) is 0 Å². The highest BCUT2D eigenvalue weighted by Crippen LogP contribution is 2.20. The molecule has 1 aliphatic heterocycles. The fourth-order valence-electron chi connectivity index (χ4n) is 1.56. The molecule has 1 saturated heterocycles. The minimum absolute atomic E-state index is 0.823. The zero-order valence-corrected chi connectivity index (χ0v) is 7.78. The molecule has 0 aliphatic carbocycles. The van der Waals surface area contributed by atoms with Gasteiger partial charge in [-0.2, -0.15) is 0 Å². The van der Waals surface area contributed by atoms with Crippen LogP contribution in [0.15, 0.2) is 0 Å². The van der Waals surface area contributed by atoms with E-state index in [2.05, 4.69) is 0 Å². The van der Waals surface area contributed by atoms with Crippen molar-refractivity contribution in [2.45, 2.75) is 32.1 Å². The summed E-state index contributed by atoms with van der Waals surface area (Å²) < 4.78 is 5.28. The topological polar surface area (TPSA) is 9.23 Å². The number of ether oxygens (including phenoxy) is 1. The summed E-state index contributed by atoms with van der Waals surface area (Å²) in [6, 6.07) is 0. The van der Waals surface area contributed by atoms with E-state index in [-0.39, 0.29) is 0 Å². The Morgan fingerprint density at radius 3 is 2.55 bits per heavy atom. The van der Waals surface area contributed by atoms with E-state index in [1.807, 2.05) is 0 Å². The predicted octanol–water partition coefficient (Wildman–Crippen LogP) is 2.82. The number of rotatable bonds is 4. The fraction of sp³-hybridized carbons (Fsp3) is 1.00. The lowest BCUT2D eigenvalue weighted by atomic mass is 9.94. The van der Waals surface area contributed by atoms with Gasteiger partial charge in [0.25, 0.3) is 0 Å². The molecular formula is C9H17ClO. The normalized spacial score (nSPS) is 20.5. The van der Waals surface area contributed by atoms with Crippen LogP contribution in [0.2, 0.25) is 0 Å². The Bertz CT molecular complexity index is 89.6. The minimum atomic E-state index is 0.823. The van der Waals surface area contributed by atoms with Crippen molar-refractivity contribution in [2.75, 3.05) is 19.1 Å². The van der Waals surface area contributed by atoms with Crippen LogP contribution in [0.25, 0.3) is 0 Å². The van der Waals surface area contributed by atoms with Crippen molar-refractivity contribution in [1.82, 2.24) is 0 Å². The Morgan fingerprint density at radius 2 is 1.91 bits per heavy atom. The molecule has 0 aromatic rings. The average molecular weight is 177 g/mol. The zero-order valence-electron chi connectivity index (χ0n) is 7.02. The molecule has 66 valence electrons. The van der Waals surface area contributed by atoms with Gasteiger partial charge in [-0.05, 0) is 25.2 Å². The molecule has 0 bridgehead atoms. The van der Waals surface area contributed by atoms with Gasteiger partial charge in [-0.15, -0.1) is 11.6 Å². The summed E-state index contributed by atoms with van der Waals surface area (Å²) in [7, 11) is 0. The van der Waals surface area contributed by atoms with Crippen LogP contribution in [0.4, 0.5) is 0 Å². The van der Waals surface area contributed by atoms with Gasteiger partial charge in [0.15, 0.2) is 0 Å². The van der Waals surface area contributed by atoms with Gasteiger partial charge in [0.2, 0.25) is 0 Å². The van der Waals surface area contributed by atoms with Crippen molar-refractivity contribution < 1.29 is 4.74 Å². The summed E-state index contributed by atoms with van der Waals surface area (Å²) in [6.07, 6.45) is 6.37. The van der Waals surface area contributed by atoms with Crippen LogP contribution in [-0.4, -0.2) is 19.1 Å². The molecule has 0 atom stereocenters. The molecule has 0 radical (unpaired) electrons. The van der Waals surface area contributed by atoms with Gasteiger partial charge in [-0.3, -0.25) is 0 Å². The van der Waals surface area contributed by atoms with Crippen molar-refractivity contribution >= 4 is 11.6 Å². The van der Waals surface area contributed by atoms with Crippen molar-refractivity contribution in [3.63, 3.8) is 0 Å². The first-order valence-electron chi connectivity index (χ1n) is 4.57. The van der Waals surface area contributed by atoms with E-state index in [0.29, 0.717) is 0 Å². The maximum absolute atomic E-state index is 5.59. The summed E-state index contributed by atoms with van der Waals surface area (Å²) >= 11 is 5.59. The third-order valence-electron chi connectivity index (χ3n) is 2.34. The van der Waals surface area contributed by atoms with Gasteiger partial charge in [0.1, 0.15) is 0 Å². The molecule has 2 heteroatoms. The minimum Gasteiger partial charge on any atom is -0.381 e. The zero-order chi connectivity index (χ0) is 7.94. The van der Waals surface area contributed by atoms with Gasteiger partial charge >= 0.3 is 0 Å². The molecule has 1 rings (SSSR count). The Balaban J connectivity index is 1.96. The average Bonchev–Trinajstić information content (AvgIpc) is 2.07. The van der Waals surface area contributed by atoms with Crippen LogP contribution in [0, 0.1) is 5.92 Å². The highest BCUT2D eigenvalue weighted by Gasteiger charge is 2.12. The lowest BCUT2D eigenvalue weighted by molar-refractivity contribution is 0.0633. The van der Waals surface area contributed by atoms with Crippen LogP contribution in [-0.2, 0) is 4.74 Å². The molecule has 1 heterocycles. The largest absolute Gasteiger partial charge is 0.381 e. The number of unbranched alkanes of at least 4 members (excludes halogenated alkanes) is 1. The molecule has 0 aromatic heterocycles. The molecule has 0 unspecified atom stereocenters. The van der Waals surface area contributed by atoms with Gasteiger partial charge in [0.05, 0.1) is 0 Å². The van der Waals surface area contributed by atoms with E-state index in [1.165, 1.54) is 32.1 Å². The highest BCUT2D eigenvalue weighted by molar-refractivity contribution is 6.17. The summed E-state index contributed by atoms with van der Waals surface area (Å²) in [5.74, 6) is 1.75. The second-order valence-electron chi connectivity index (χ2n) is 3.24. The molecule has 0 amide bonds. The third-order valence-corrected chi connectivity index (χ3v) is 2.60. The monoisotopic (exact) mass is 176 g/mol. The maximum atomic E-state index is 5.59. The Kier molecular flexibility index (Phi) is 4.96. The van der Waals surface area contributed by atoms with E-state index in [0.717, 1.165) is 25.0 Å². The van der Waals surface area contributed by atoms with Gasteiger partial charge in [0, 0.05) is 19.1 Å². The van der Waals surface area contributed by atoms with Crippen LogP contribution in [0.3, 0.4) is 0 Å². The molecule has 1 nitrogen and oxygen atoms in total. The smallest absolute Gasteiger partial charge is 0.0468 e. The van der Waals surface area contributed by atoms with E-state index < -0.39 is 0 Å². The Labute approximate surface area is 74.1 Å². The number of halogens is 1. The van der Waals surface area contributed by atoms with Crippen LogP contribution in [0.5, 0.6) is 0 Å². The van der Waals surface area contributed by atoms with Crippen LogP contribution in [0.1, 0.15) is 32.1 Å². The SMILES string of the molecule is ClCCCCC1CCOCC1. The van der Waals surface area contributed by atoms with E-state index in [9.17, 15) is 0 Å². The van der Waals surface area contributed by atoms with E-state index in [4.69, 9.17) is 16.3 Å². The molecule has 11 heavy (non-hydrogen) atoms. The molecule has 0 aromatic carbocycles. The lowest BCUT2D eigenvalue weighted by Crippen LogP contribution is -2.15. The molecule has 0 spiro atoms. The van der Waals surface area contributed by atoms with Crippen molar-refractivity contribution in [3.8, 4) is 0 Å². The summed E-state index contributed by atoms with van der Waals surface area (Å²) in [6.45, 7) is 1.96. The van der Waals surface area contributed by atoms with Gasteiger partial charge < -0.3 is 4.74 Å². The molecule has 1 fully saturated rings. The van der Waals surface area contributed by atoms with Gasteiger partial charge in [-0.25, -0.2) is 0 Å². The number of hydrogen-bond acceptors (Lipinski definition) is 1. The standard InChI is InChI=1S/C9H17ClO/c10-6-2-1-3-9-4-7-11-8-5-9/h9H,1-8H2. The van der Waals surface area contributed by atoms with Crippen LogP contribution >= 0.6 is 11.6 Å². The van der Waals surface area contributed by atoms with Crippen molar-refractivity contribution in [3.05, 3.63) is 0 Å². The summed E-state index contributed by atoms with van der Waals surface area (Å²) in [5, 5.41) is 0. The Hall–Kier alpha value is 0.250.